The Morgan fingerprint density at radius 2 is 1.97 bits per heavy atom. The number of H-pyrrole nitrogens is 1. The van der Waals surface area contributed by atoms with Gasteiger partial charge in [-0.15, -0.1) is 11.3 Å². The van der Waals surface area contributed by atoms with Gasteiger partial charge in [-0.25, -0.2) is 12.8 Å². The number of sulfonamides is 1. The van der Waals surface area contributed by atoms with Crippen LogP contribution >= 0.6 is 11.3 Å². The topological polar surface area (TPSA) is 99.3 Å². The minimum atomic E-state index is -4.09. The van der Waals surface area contributed by atoms with Crippen LogP contribution in [-0.2, 0) is 21.2 Å². The molecule has 0 amide bonds. The number of halogens is 1. The standard InChI is InChI=1S/C24H19FN2O4S2/c1-15-6-7-16(12-20(15)25)8-9-18-10-11-23(32-18)33(30,31)27-22(24(28)29)13-17-14-26-21-5-3-2-4-19(17)21/h2-7,10-12,14,22,26-27H,13H2,1H3,(H,28,29). The minimum Gasteiger partial charge on any atom is -0.480 e. The number of benzene rings is 2. The van der Waals surface area contributed by atoms with Crippen molar-refractivity contribution >= 4 is 38.2 Å². The number of fused-ring (bicyclic) bond motifs is 1. The molecular formula is C24H19FN2O4S2. The maximum Gasteiger partial charge on any atom is 0.322 e. The Hall–Kier alpha value is -3.45. The molecule has 33 heavy (non-hydrogen) atoms. The molecule has 9 heteroatoms. The molecule has 0 aliphatic carbocycles. The van der Waals surface area contributed by atoms with Crippen LogP contribution in [0.15, 0.2) is 65.0 Å². The van der Waals surface area contributed by atoms with Crippen LogP contribution in [0.1, 0.15) is 21.6 Å². The summed E-state index contributed by atoms with van der Waals surface area (Å²) in [7, 11) is -4.09. The van der Waals surface area contributed by atoms with Gasteiger partial charge < -0.3 is 10.1 Å². The number of aromatic nitrogens is 1. The van der Waals surface area contributed by atoms with Crippen molar-refractivity contribution < 1.29 is 22.7 Å². The highest BCUT2D eigenvalue weighted by Gasteiger charge is 2.27. The van der Waals surface area contributed by atoms with Crippen LogP contribution in [0.25, 0.3) is 10.9 Å². The quantitative estimate of drug-likeness (QED) is 0.361. The highest BCUT2D eigenvalue weighted by Crippen LogP contribution is 2.23. The first-order chi connectivity index (χ1) is 15.7. The first-order valence-electron chi connectivity index (χ1n) is 9.91. The van der Waals surface area contributed by atoms with Crippen molar-refractivity contribution in [1.82, 2.24) is 9.71 Å². The summed E-state index contributed by atoms with van der Waals surface area (Å²) in [4.78, 5) is 15.3. The second kappa shape index (κ2) is 9.19. The maximum absolute atomic E-state index is 13.7. The lowest BCUT2D eigenvalue weighted by Gasteiger charge is -2.13. The molecule has 0 radical (unpaired) electrons. The van der Waals surface area contributed by atoms with Gasteiger partial charge >= 0.3 is 5.97 Å². The van der Waals surface area contributed by atoms with Gasteiger partial charge in [0.15, 0.2) is 0 Å². The van der Waals surface area contributed by atoms with Crippen molar-refractivity contribution in [2.45, 2.75) is 23.6 Å². The van der Waals surface area contributed by atoms with Gasteiger partial charge in [-0.1, -0.05) is 36.1 Å². The van der Waals surface area contributed by atoms with Crippen LogP contribution in [0.5, 0.6) is 0 Å². The lowest BCUT2D eigenvalue weighted by atomic mass is 10.1. The summed E-state index contributed by atoms with van der Waals surface area (Å²) >= 11 is 0.914. The molecule has 4 rings (SSSR count). The number of rotatable bonds is 6. The van der Waals surface area contributed by atoms with E-state index < -0.39 is 22.0 Å². The van der Waals surface area contributed by atoms with Gasteiger partial charge in [0.25, 0.3) is 10.0 Å². The summed E-state index contributed by atoms with van der Waals surface area (Å²) < 4.78 is 41.6. The van der Waals surface area contributed by atoms with Crippen LogP contribution in [0.2, 0.25) is 0 Å². The Labute approximate surface area is 194 Å². The molecule has 0 saturated carbocycles. The molecule has 168 valence electrons. The van der Waals surface area contributed by atoms with Crippen molar-refractivity contribution in [3.63, 3.8) is 0 Å². The number of aromatic amines is 1. The fourth-order valence-electron chi connectivity index (χ4n) is 3.28. The first kappa shape index (κ1) is 22.7. The van der Waals surface area contributed by atoms with Crippen LogP contribution in [0, 0.1) is 24.6 Å². The summed E-state index contributed by atoms with van der Waals surface area (Å²) in [5.41, 5.74) is 2.52. The van der Waals surface area contributed by atoms with Gasteiger partial charge in [0, 0.05) is 29.1 Å². The number of thiophene rings is 1. The van der Waals surface area contributed by atoms with Gasteiger partial charge in [0.05, 0.1) is 4.88 Å². The van der Waals surface area contributed by atoms with Crippen LogP contribution in [-0.4, -0.2) is 30.5 Å². The number of hydrogen-bond acceptors (Lipinski definition) is 4. The third kappa shape index (κ3) is 5.14. The first-order valence-corrected chi connectivity index (χ1v) is 12.2. The van der Waals surface area contributed by atoms with Crippen molar-refractivity contribution in [3.8, 4) is 11.8 Å². The Morgan fingerprint density at radius 3 is 2.73 bits per heavy atom. The van der Waals surface area contributed by atoms with E-state index in [9.17, 15) is 22.7 Å². The average Bonchev–Trinajstić information content (AvgIpc) is 3.42. The number of aryl methyl sites for hydroxylation is 1. The van der Waals surface area contributed by atoms with Crippen molar-refractivity contribution in [3.05, 3.63) is 88.2 Å². The van der Waals surface area contributed by atoms with E-state index in [1.165, 1.54) is 18.2 Å². The molecule has 0 bridgehead atoms. The molecule has 0 aliphatic heterocycles. The van der Waals surface area contributed by atoms with Gasteiger partial charge in [-0.2, -0.15) is 4.72 Å². The van der Waals surface area contributed by atoms with Gasteiger partial charge in [-0.3, -0.25) is 4.79 Å². The number of nitrogens with one attached hydrogen (secondary N) is 2. The van der Waals surface area contributed by atoms with E-state index in [2.05, 4.69) is 21.5 Å². The van der Waals surface area contributed by atoms with Gasteiger partial charge in [0.2, 0.25) is 0 Å². The van der Waals surface area contributed by atoms with E-state index in [0.29, 0.717) is 21.6 Å². The summed E-state index contributed by atoms with van der Waals surface area (Å²) in [5, 5.41) is 10.5. The lowest BCUT2D eigenvalue weighted by Crippen LogP contribution is -2.41. The van der Waals surface area contributed by atoms with Crippen molar-refractivity contribution in [1.29, 1.82) is 0 Å². The second-order valence-electron chi connectivity index (χ2n) is 7.41. The van der Waals surface area contributed by atoms with Crippen LogP contribution in [0.3, 0.4) is 0 Å². The molecular weight excluding hydrogens is 463 g/mol. The SMILES string of the molecule is Cc1ccc(C#Cc2ccc(S(=O)(=O)NC(Cc3c[nH]c4ccccc34)C(=O)O)s2)cc1F. The van der Waals surface area contributed by atoms with E-state index in [0.717, 1.165) is 22.2 Å². The molecule has 2 heterocycles. The number of hydrogen-bond donors (Lipinski definition) is 3. The fraction of sp³-hybridized carbons (Fsp3) is 0.125. The maximum atomic E-state index is 13.7. The number of para-hydroxylation sites is 1. The average molecular weight is 483 g/mol. The fourth-order valence-corrected chi connectivity index (χ4v) is 5.65. The van der Waals surface area contributed by atoms with Gasteiger partial charge in [0.1, 0.15) is 16.1 Å². The second-order valence-corrected chi connectivity index (χ2v) is 10.4. The highest BCUT2D eigenvalue weighted by atomic mass is 32.2. The zero-order valence-corrected chi connectivity index (χ0v) is 19.1. The predicted octanol–water partition coefficient (Wildman–Crippen LogP) is 4.05. The van der Waals surface area contributed by atoms with E-state index >= 15 is 0 Å². The lowest BCUT2D eigenvalue weighted by molar-refractivity contribution is -0.138. The van der Waals surface area contributed by atoms with E-state index in [1.807, 2.05) is 24.3 Å². The number of carboxylic acid groups (broad SMARTS) is 1. The Morgan fingerprint density at radius 1 is 1.18 bits per heavy atom. The normalized spacial score (nSPS) is 12.3. The summed E-state index contributed by atoms with van der Waals surface area (Å²) in [5.74, 6) is 3.99. The Bertz CT molecular complexity index is 1510. The Balaban J connectivity index is 1.53. The molecule has 6 nitrogen and oxygen atoms in total. The molecule has 0 fully saturated rings. The zero-order chi connectivity index (χ0) is 23.6. The van der Waals surface area contributed by atoms with Crippen LogP contribution in [0.4, 0.5) is 4.39 Å². The largest absolute Gasteiger partial charge is 0.480 e. The molecule has 3 N–H and O–H groups in total. The third-order valence-electron chi connectivity index (χ3n) is 5.04. The van der Waals surface area contributed by atoms with Crippen molar-refractivity contribution in [2.75, 3.05) is 0 Å². The summed E-state index contributed by atoms with van der Waals surface area (Å²) in [6.45, 7) is 1.65. The number of carbonyl (C=O) groups is 1. The molecule has 2 aromatic carbocycles. The Kier molecular flexibility index (Phi) is 6.33. The van der Waals surface area contributed by atoms with E-state index in [4.69, 9.17) is 0 Å². The zero-order valence-electron chi connectivity index (χ0n) is 17.4. The van der Waals surface area contributed by atoms with E-state index in [-0.39, 0.29) is 16.4 Å². The predicted molar refractivity (Wildman–Crippen MR) is 125 cm³/mol. The molecule has 0 aliphatic rings. The summed E-state index contributed by atoms with van der Waals surface area (Å²) in [6, 6.07) is 13.6. The van der Waals surface area contributed by atoms with Gasteiger partial charge in [-0.05, 0) is 48.4 Å². The summed E-state index contributed by atoms with van der Waals surface area (Å²) in [6.07, 6.45) is 1.66. The molecule has 0 saturated heterocycles. The minimum absolute atomic E-state index is 0.0183. The molecule has 4 aromatic rings. The molecule has 0 spiro atoms. The van der Waals surface area contributed by atoms with Crippen molar-refractivity contribution in [2.24, 2.45) is 0 Å². The smallest absolute Gasteiger partial charge is 0.322 e. The number of carboxylic acids is 1. The van der Waals surface area contributed by atoms with E-state index in [1.54, 1.807) is 25.3 Å². The highest BCUT2D eigenvalue weighted by molar-refractivity contribution is 7.91. The number of aliphatic carboxylic acids is 1. The van der Waals surface area contributed by atoms with Crippen LogP contribution < -0.4 is 4.72 Å². The third-order valence-corrected chi connectivity index (χ3v) is 8.01. The molecule has 1 unspecified atom stereocenters. The monoisotopic (exact) mass is 482 g/mol. The molecule has 2 aromatic heterocycles. The molecule has 1 atom stereocenters.